The van der Waals surface area contributed by atoms with Crippen LogP contribution in [-0.4, -0.2) is 16.9 Å². The van der Waals surface area contributed by atoms with Gasteiger partial charge in [0.05, 0.1) is 5.92 Å². The van der Waals surface area contributed by atoms with E-state index in [1.807, 2.05) is 49.4 Å². The molecule has 0 saturated heterocycles. The number of ether oxygens (including phenoxy) is 1. The Balaban J connectivity index is 1.74. The van der Waals surface area contributed by atoms with Crippen LogP contribution in [0.5, 0.6) is 0 Å². The molecule has 0 bridgehead atoms. The van der Waals surface area contributed by atoms with E-state index in [0.717, 1.165) is 12.1 Å². The molecule has 0 aliphatic heterocycles. The van der Waals surface area contributed by atoms with Gasteiger partial charge in [0, 0.05) is 18.6 Å². The highest BCUT2D eigenvalue weighted by atomic mass is 16.5. The lowest BCUT2D eigenvalue weighted by atomic mass is 9.97. The molecule has 30 heavy (non-hydrogen) atoms. The number of carbonyl (C=O) groups excluding carboxylic acids is 1. The van der Waals surface area contributed by atoms with Crippen molar-refractivity contribution >= 4 is 5.97 Å². The second kappa shape index (κ2) is 10.7. The highest BCUT2D eigenvalue weighted by molar-refractivity contribution is 5.72. The minimum atomic E-state index is -0.247. The van der Waals surface area contributed by atoms with Crippen LogP contribution in [0.1, 0.15) is 43.5 Å². The van der Waals surface area contributed by atoms with E-state index in [1.54, 1.807) is 0 Å². The molecule has 0 N–H and O–H groups in total. The smallest absolute Gasteiger partial charge is 0.310 e. The summed E-state index contributed by atoms with van der Waals surface area (Å²) in [7, 11) is 0. The molecule has 3 nitrogen and oxygen atoms in total. The van der Waals surface area contributed by atoms with Crippen molar-refractivity contribution in [3.63, 3.8) is 0 Å². The van der Waals surface area contributed by atoms with E-state index in [2.05, 4.69) is 67.3 Å². The number of hydrogen-bond donors (Lipinski definition) is 0. The lowest BCUT2D eigenvalue weighted by molar-refractivity contribution is -0.152. The summed E-state index contributed by atoms with van der Waals surface area (Å²) < 4.78 is 5.63. The van der Waals surface area contributed by atoms with Gasteiger partial charge in [-0.1, -0.05) is 97.9 Å². The van der Waals surface area contributed by atoms with Gasteiger partial charge in [0.15, 0.2) is 0 Å². The zero-order valence-corrected chi connectivity index (χ0v) is 18.1. The lowest BCUT2D eigenvalue weighted by Crippen LogP contribution is -2.42. The maximum atomic E-state index is 12.8. The molecular weight excluding hydrogens is 370 g/mol. The fourth-order valence-corrected chi connectivity index (χ4v) is 3.70. The molecule has 3 heteroatoms. The van der Waals surface area contributed by atoms with E-state index in [1.165, 1.54) is 11.1 Å². The Morgan fingerprint density at radius 3 is 1.83 bits per heavy atom. The van der Waals surface area contributed by atoms with Crippen molar-refractivity contribution in [2.75, 3.05) is 0 Å². The van der Waals surface area contributed by atoms with Gasteiger partial charge < -0.3 is 4.74 Å². The molecule has 0 heterocycles. The summed E-state index contributed by atoms with van der Waals surface area (Å²) in [5.74, 6) is -0.409. The summed E-state index contributed by atoms with van der Waals surface area (Å²) >= 11 is 0. The van der Waals surface area contributed by atoms with Crippen molar-refractivity contribution in [1.29, 1.82) is 0 Å². The van der Waals surface area contributed by atoms with Crippen LogP contribution >= 0.6 is 0 Å². The third-order valence-corrected chi connectivity index (χ3v) is 5.83. The minimum absolute atomic E-state index is 0.0173. The van der Waals surface area contributed by atoms with Gasteiger partial charge >= 0.3 is 5.97 Å². The molecular formula is C27H31NO2. The fraction of sp³-hybridized carbons (Fsp3) is 0.296. The first-order chi connectivity index (χ1) is 14.6. The molecule has 0 saturated carbocycles. The number of nitrogens with zero attached hydrogens (tertiary/aromatic N) is 1. The largest absolute Gasteiger partial charge is 0.461 e. The normalized spacial score (nSPS) is 14.1. The quantitative estimate of drug-likeness (QED) is 0.411. The van der Waals surface area contributed by atoms with Crippen molar-refractivity contribution in [2.24, 2.45) is 5.92 Å². The Morgan fingerprint density at radius 1 is 0.767 bits per heavy atom. The summed E-state index contributed by atoms with van der Waals surface area (Å²) in [6.07, 6.45) is 0. The van der Waals surface area contributed by atoms with E-state index in [0.29, 0.717) is 6.61 Å². The van der Waals surface area contributed by atoms with Crippen LogP contribution in [0, 0.1) is 5.92 Å². The number of esters is 1. The van der Waals surface area contributed by atoms with Crippen LogP contribution < -0.4 is 0 Å². The van der Waals surface area contributed by atoms with Crippen molar-refractivity contribution < 1.29 is 9.53 Å². The van der Waals surface area contributed by atoms with Crippen LogP contribution in [-0.2, 0) is 22.7 Å². The van der Waals surface area contributed by atoms with E-state index in [-0.39, 0.29) is 24.0 Å². The second-order valence-corrected chi connectivity index (χ2v) is 7.87. The third kappa shape index (κ3) is 5.80. The molecule has 3 atom stereocenters. The summed E-state index contributed by atoms with van der Waals surface area (Å²) in [6.45, 7) is 7.37. The van der Waals surface area contributed by atoms with Crippen LogP contribution in [0.3, 0.4) is 0 Å². The van der Waals surface area contributed by atoms with Crippen LogP contribution in [0.2, 0.25) is 0 Å². The SMILES string of the molecule is C[C@H](c1ccccc1)N(Cc1ccccc1)[C@H](C)[C@@H](C)C(=O)OCc1ccccc1. The first kappa shape index (κ1) is 21.8. The standard InChI is InChI=1S/C27H31NO2/c1-21(27(29)30-20-25-15-9-5-10-16-25)22(2)28(19-24-13-7-4-8-14-24)23(3)26-17-11-6-12-18-26/h4-18,21-23H,19-20H2,1-3H3/t21-,22-,23-/m1/s1. The molecule has 3 aromatic rings. The summed E-state index contributed by atoms with van der Waals surface area (Å²) in [5, 5.41) is 0. The number of rotatable bonds is 9. The molecule has 0 amide bonds. The van der Waals surface area contributed by atoms with Gasteiger partial charge in [-0.3, -0.25) is 9.69 Å². The number of carbonyl (C=O) groups is 1. The summed E-state index contributed by atoms with van der Waals surface area (Å²) in [5.41, 5.74) is 3.48. The second-order valence-electron chi connectivity index (χ2n) is 7.87. The van der Waals surface area contributed by atoms with E-state index in [9.17, 15) is 4.79 Å². The first-order valence-electron chi connectivity index (χ1n) is 10.6. The molecule has 0 radical (unpaired) electrons. The molecule has 0 aliphatic rings. The van der Waals surface area contributed by atoms with Crippen molar-refractivity contribution in [1.82, 2.24) is 4.90 Å². The first-order valence-corrected chi connectivity index (χ1v) is 10.6. The fourth-order valence-electron chi connectivity index (χ4n) is 3.70. The van der Waals surface area contributed by atoms with Crippen molar-refractivity contribution in [3.05, 3.63) is 108 Å². The summed E-state index contributed by atoms with van der Waals surface area (Å²) in [4.78, 5) is 15.2. The molecule has 3 aromatic carbocycles. The average Bonchev–Trinajstić information content (AvgIpc) is 2.81. The Labute approximate surface area is 180 Å². The molecule has 3 rings (SSSR count). The van der Waals surface area contributed by atoms with E-state index < -0.39 is 0 Å². The van der Waals surface area contributed by atoms with Gasteiger partial charge in [-0.25, -0.2) is 0 Å². The lowest BCUT2D eigenvalue weighted by Gasteiger charge is -2.37. The van der Waals surface area contributed by atoms with Crippen LogP contribution in [0.4, 0.5) is 0 Å². The number of hydrogen-bond acceptors (Lipinski definition) is 3. The Kier molecular flexibility index (Phi) is 7.81. The zero-order valence-electron chi connectivity index (χ0n) is 18.1. The molecule has 0 unspecified atom stereocenters. The van der Waals surface area contributed by atoms with Gasteiger partial charge in [0.1, 0.15) is 6.61 Å². The maximum Gasteiger partial charge on any atom is 0.310 e. The molecule has 0 aromatic heterocycles. The van der Waals surface area contributed by atoms with E-state index >= 15 is 0 Å². The Hall–Kier alpha value is -2.91. The van der Waals surface area contributed by atoms with Crippen molar-refractivity contribution in [3.8, 4) is 0 Å². The molecule has 156 valence electrons. The summed E-state index contributed by atoms with van der Waals surface area (Å²) in [6, 6.07) is 30.9. The third-order valence-electron chi connectivity index (χ3n) is 5.83. The topological polar surface area (TPSA) is 29.5 Å². The van der Waals surface area contributed by atoms with Gasteiger partial charge in [-0.05, 0) is 30.5 Å². The Bertz CT molecular complexity index is 896. The molecule has 0 aliphatic carbocycles. The van der Waals surface area contributed by atoms with Gasteiger partial charge in [-0.15, -0.1) is 0 Å². The van der Waals surface area contributed by atoms with Crippen LogP contribution in [0.25, 0.3) is 0 Å². The monoisotopic (exact) mass is 401 g/mol. The zero-order chi connectivity index (χ0) is 21.3. The minimum Gasteiger partial charge on any atom is -0.461 e. The average molecular weight is 402 g/mol. The van der Waals surface area contributed by atoms with Gasteiger partial charge in [0.25, 0.3) is 0 Å². The highest BCUT2D eigenvalue weighted by Gasteiger charge is 2.30. The molecule has 0 fully saturated rings. The predicted octanol–water partition coefficient (Wildman–Crippen LogP) is 6.02. The van der Waals surface area contributed by atoms with Crippen LogP contribution in [0.15, 0.2) is 91.0 Å². The van der Waals surface area contributed by atoms with Gasteiger partial charge in [-0.2, -0.15) is 0 Å². The maximum absolute atomic E-state index is 12.8. The van der Waals surface area contributed by atoms with Crippen molar-refractivity contribution in [2.45, 2.75) is 46.0 Å². The number of benzene rings is 3. The van der Waals surface area contributed by atoms with E-state index in [4.69, 9.17) is 4.74 Å². The Morgan fingerprint density at radius 2 is 1.27 bits per heavy atom. The highest BCUT2D eigenvalue weighted by Crippen LogP contribution is 2.28. The molecule has 0 spiro atoms. The van der Waals surface area contributed by atoms with Gasteiger partial charge in [0.2, 0.25) is 0 Å². The predicted molar refractivity (Wildman–Crippen MR) is 122 cm³/mol.